The summed E-state index contributed by atoms with van der Waals surface area (Å²) in [6, 6.07) is 5.40. The zero-order valence-electron chi connectivity index (χ0n) is 9.42. The first-order valence-electron chi connectivity index (χ1n) is 5.35. The number of pyridine rings is 1. The first kappa shape index (κ1) is 11.9. The number of ether oxygens (including phenoxy) is 1. The molecule has 0 bridgehead atoms. The molecule has 1 saturated carbocycles. The molecule has 5 heteroatoms. The van der Waals surface area contributed by atoms with E-state index in [9.17, 15) is 4.79 Å². The summed E-state index contributed by atoms with van der Waals surface area (Å²) in [4.78, 5) is 15.8. The van der Waals surface area contributed by atoms with Crippen molar-refractivity contribution in [2.24, 2.45) is 5.92 Å². The quantitative estimate of drug-likeness (QED) is 0.602. The minimum Gasteiger partial charge on any atom is -0.468 e. The van der Waals surface area contributed by atoms with Crippen LogP contribution in [0.5, 0.6) is 0 Å². The Bertz CT molecular complexity index is 466. The smallest absolute Gasteiger partial charge is 0.319 e. The highest BCUT2D eigenvalue weighted by Crippen LogP contribution is 2.41. The number of carbonyl (C=O) groups excluding carboxylic acids is 1. The summed E-state index contributed by atoms with van der Waals surface area (Å²) in [5, 5.41) is 9.30. The topological polar surface area (TPSA) is 63.0 Å². The van der Waals surface area contributed by atoms with Crippen molar-refractivity contribution in [3.8, 4) is 6.07 Å². The zero-order chi connectivity index (χ0) is 12.3. The standard InChI is InChI=1S/C12H12N2O2S/c1-16-12(15)11(9-2-3-9)17-10-6-8(7-13)4-5-14-10/h4-6,9,11H,2-3H2,1H3. The SMILES string of the molecule is COC(=O)C(Sc1cc(C#N)ccn1)C1CC1. The van der Waals surface area contributed by atoms with Crippen molar-refractivity contribution in [2.75, 3.05) is 7.11 Å². The molecule has 1 aliphatic rings. The van der Waals surface area contributed by atoms with Crippen LogP contribution in [0.2, 0.25) is 0 Å². The van der Waals surface area contributed by atoms with Crippen LogP contribution >= 0.6 is 11.8 Å². The van der Waals surface area contributed by atoms with Crippen LogP contribution in [0, 0.1) is 17.2 Å². The van der Waals surface area contributed by atoms with Gasteiger partial charge in [0.2, 0.25) is 0 Å². The van der Waals surface area contributed by atoms with Crippen molar-refractivity contribution >= 4 is 17.7 Å². The van der Waals surface area contributed by atoms with Crippen molar-refractivity contribution in [3.63, 3.8) is 0 Å². The predicted octanol–water partition coefficient (Wildman–Crippen LogP) is 2.00. The fourth-order valence-electron chi connectivity index (χ4n) is 1.53. The van der Waals surface area contributed by atoms with E-state index in [-0.39, 0.29) is 11.2 Å². The molecule has 0 saturated heterocycles. The van der Waals surface area contributed by atoms with Gasteiger partial charge in [0.05, 0.1) is 23.8 Å². The van der Waals surface area contributed by atoms with Gasteiger partial charge >= 0.3 is 5.97 Å². The lowest BCUT2D eigenvalue weighted by Crippen LogP contribution is -2.21. The highest BCUT2D eigenvalue weighted by molar-refractivity contribution is 8.00. The van der Waals surface area contributed by atoms with Gasteiger partial charge in [-0.2, -0.15) is 5.26 Å². The second kappa shape index (κ2) is 5.19. The van der Waals surface area contributed by atoms with E-state index in [0.717, 1.165) is 12.8 Å². The fraction of sp³-hybridized carbons (Fsp3) is 0.417. The van der Waals surface area contributed by atoms with Gasteiger partial charge in [-0.1, -0.05) is 11.8 Å². The number of nitriles is 1. The van der Waals surface area contributed by atoms with E-state index >= 15 is 0 Å². The molecule has 1 unspecified atom stereocenters. The van der Waals surface area contributed by atoms with Gasteiger partial charge in [-0.25, -0.2) is 4.98 Å². The van der Waals surface area contributed by atoms with Crippen molar-refractivity contribution < 1.29 is 9.53 Å². The normalized spacial score (nSPS) is 16.0. The Morgan fingerprint density at radius 1 is 1.71 bits per heavy atom. The third-order valence-electron chi connectivity index (χ3n) is 2.60. The zero-order valence-corrected chi connectivity index (χ0v) is 10.2. The minimum atomic E-state index is -0.207. The molecule has 1 aromatic rings. The molecule has 2 rings (SSSR count). The number of carbonyl (C=O) groups is 1. The Morgan fingerprint density at radius 2 is 2.47 bits per heavy atom. The van der Waals surface area contributed by atoms with Gasteiger partial charge in [-0.15, -0.1) is 0 Å². The number of methoxy groups -OCH3 is 1. The molecule has 1 atom stereocenters. The summed E-state index contributed by atoms with van der Waals surface area (Å²) in [5.74, 6) is 0.182. The van der Waals surface area contributed by atoms with Crippen LogP contribution in [-0.2, 0) is 9.53 Å². The Balaban J connectivity index is 2.11. The van der Waals surface area contributed by atoms with Crippen LogP contribution in [-0.4, -0.2) is 23.3 Å². The molecule has 1 aliphatic carbocycles. The molecule has 0 N–H and O–H groups in total. The monoisotopic (exact) mass is 248 g/mol. The number of hydrogen-bond donors (Lipinski definition) is 0. The number of aromatic nitrogens is 1. The fourth-order valence-corrected chi connectivity index (χ4v) is 2.76. The Morgan fingerprint density at radius 3 is 3.06 bits per heavy atom. The van der Waals surface area contributed by atoms with Crippen molar-refractivity contribution in [1.29, 1.82) is 5.26 Å². The third kappa shape index (κ3) is 2.98. The number of hydrogen-bond acceptors (Lipinski definition) is 5. The Labute approximate surface area is 104 Å². The van der Waals surface area contributed by atoms with E-state index in [1.54, 1.807) is 18.3 Å². The second-order valence-corrected chi connectivity index (χ2v) is 5.06. The number of nitrogens with zero attached hydrogens (tertiary/aromatic N) is 2. The van der Waals surface area contributed by atoms with Gasteiger partial charge in [0.25, 0.3) is 0 Å². The first-order valence-corrected chi connectivity index (χ1v) is 6.23. The van der Waals surface area contributed by atoms with E-state index in [4.69, 9.17) is 10.00 Å². The van der Waals surface area contributed by atoms with E-state index in [2.05, 4.69) is 11.1 Å². The van der Waals surface area contributed by atoms with Gasteiger partial charge in [-0.3, -0.25) is 4.79 Å². The number of esters is 1. The molecule has 0 spiro atoms. The van der Waals surface area contributed by atoms with Crippen LogP contribution in [0.4, 0.5) is 0 Å². The largest absolute Gasteiger partial charge is 0.468 e. The van der Waals surface area contributed by atoms with Crippen LogP contribution < -0.4 is 0 Å². The lowest BCUT2D eigenvalue weighted by atomic mass is 10.3. The summed E-state index contributed by atoms with van der Waals surface area (Å²) in [6.07, 6.45) is 3.71. The van der Waals surface area contributed by atoms with Crippen LogP contribution in [0.15, 0.2) is 23.4 Å². The Kier molecular flexibility index (Phi) is 3.64. The maximum Gasteiger partial charge on any atom is 0.319 e. The molecule has 17 heavy (non-hydrogen) atoms. The number of thioether (sulfide) groups is 1. The lowest BCUT2D eigenvalue weighted by molar-refractivity contribution is -0.140. The first-order chi connectivity index (χ1) is 8.24. The molecule has 1 heterocycles. The molecule has 0 aromatic carbocycles. The summed E-state index contributed by atoms with van der Waals surface area (Å²) in [6.45, 7) is 0. The van der Waals surface area contributed by atoms with Gasteiger partial charge in [-0.05, 0) is 30.9 Å². The van der Waals surface area contributed by atoms with E-state index < -0.39 is 0 Å². The summed E-state index contributed by atoms with van der Waals surface area (Å²) in [7, 11) is 1.40. The lowest BCUT2D eigenvalue weighted by Gasteiger charge is -2.12. The summed E-state index contributed by atoms with van der Waals surface area (Å²) < 4.78 is 4.79. The van der Waals surface area contributed by atoms with Crippen molar-refractivity contribution in [3.05, 3.63) is 23.9 Å². The molecule has 1 aromatic heterocycles. The van der Waals surface area contributed by atoms with Crippen LogP contribution in [0.25, 0.3) is 0 Å². The molecule has 0 aliphatic heterocycles. The van der Waals surface area contributed by atoms with Gasteiger partial charge in [0, 0.05) is 6.20 Å². The van der Waals surface area contributed by atoms with E-state index in [1.165, 1.54) is 18.9 Å². The Hall–Kier alpha value is -1.54. The molecule has 4 nitrogen and oxygen atoms in total. The highest BCUT2D eigenvalue weighted by Gasteiger charge is 2.38. The average Bonchev–Trinajstić information content (AvgIpc) is 3.19. The minimum absolute atomic E-state index is 0.193. The maximum absolute atomic E-state index is 11.6. The summed E-state index contributed by atoms with van der Waals surface area (Å²) in [5.41, 5.74) is 0.557. The summed E-state index contributed by atoms with van der Waals surface area (Å²) >= 11 is 1.38. The van der Waals surface area contributed by atoms with E-state index in [1.807, 2.05) is 0 Å². The van der Waals surface area contributed by atoms with E-state index in [0.29, 0.717) is 16.5 Å². The number of rotatable bonds is 4. The van der Waals surface area contributed by atoms with Crippen LogP contribution in [0.3, 0.4) is 0 Å². The predicted molar refractivity (Wildman–Crippen MR) is 63.3 cm³/mol. The van der Waals surface area contributed by atoms with Gasteiger partial charge in [0.1, 0.15) is 5.25 Å². The van der Waals surface area contributed by atoms with Crippen molar-refractivity contribution in [1.82, 2.24) is 4.98 Å². The molecule has 88 valence electrons. The molecular formula is C12H12N2O2S. The third-order valence-corrected chi connectivity index (χ3v) is 3.89. The van der Waals surface area contributed by atoms with Gasteiger partial charge < -0.3 is 4.74 Å². The van der Waals surface area contributed by atoms with Gasteiger partial charge in [0.15, 0.2) is 0 Å². The highest BCUT2D eigenvalue weighted by atomic mass is 32.2. The van der Waals surface area contributed by atoms with Crippen LogP contribution in [0.1, 0.15) is 18.4 Å². The molecule has 0 radical (unpaired) electrons. The average molecular weight is 248 g/mol. The second-order valence-electron chi connectivity index (χ2n) is 3.89. The molecule has 1 fully saturated rings. The maximum atomic E-state index is 11.6. The molecular weight excluding hydrogens is 236 g/mol. The van der Waals surface area contributed by atoms with Crippen molar-refractivity contribution in [2.45, 2.75) is 23.1 Å². The molecule has 0 amide bonds.